The van der Waals surface area contributed by atoms with Crippen LogP contribution in [0.3, 0.4) is 0 Å². The van der Waals surface area contributed by atoms with E-state index in [9.17, 15) is 4.79 Å². The molecule has 0 saturated heterocycles. The molecule has 0 aliphatic carbocycles. The summed E-state index contributed by atoms with van der Waals surface area (Å²) in [4.78, 5) is 11.9. The summed E-state index contributed by atoms with van der Waals surface area (Å²) in [6.45, 7) is 0. The highest BCUT2D eigenvalue weighted by atomic mass is 16.5. The van der Waals surface area contributed by atoms with Crippen molar-refractivity contribution in [2.45, 2.75) is 19.3 Å². The molecule has 120 valence electrons. The van der Waals surface area contributed by atoms with Gasteiger partial charge in [-0.2, -0.15) is 9.61 Å². The largest absolute Gasteiger partial charge is 0.480 e. The van der Waals surface area contributed by atoms with E-state index >= 15 is 0 Å². The molecule has 9 nitrogen and oxygen atoms in total. The van der Waals surface area contributed by atoms with Crippen LogP contribution in [0.1, 0.15) is 18.7 Å². The Morgan fingerprint density at radius 1 is 1.35 bits per heavy atom. The molecule has 3 rings (SSSR count). The Bertz CT molecular complexity index is 824. The standard InChI is InChI=1S/C14H17N7O2/c1-20-9-10(8-15-20)16-13(22)5-3-4-11-17-18-12-6-7-14(23-2)19-21(11)12/h6-9H,3-5H2,1-2H3,(H,16,22). The summed E-state index contributed by atoms with van der Waals surface area (Å²) in [5, 5.41) is 19.2. The van der Waals surface area contributed by atoms with Gasteiger partial charge in [-0.1, -0.05) is 0 Å². The van der Waals surface area contributed by atoms with Crippen LogP contribution in [0.2, 0.25) is 0 Å². The summed E-state index contributed by atoms with van der Waals surface area (Å²) >= 11 is 0. The van der Waals surface area contributed by atoms with Gasteiger partial charge in [-0.15, -0.1) is 15.3 Å². The third-order valence-corrected chi connectivity index (χ3v) is 3.30. The monoisotopic (exact) mass is 315 g/mol. The summed E-state index contributed by atoms with van der Waals surface area (Å²) < 4.78 is 8.37. The number of nitrogens with zero attached hydrogens (tertiary/aromatic N) is 6. The Balaban J connectivity index is 1.57. The van der Waals surface area contributed by atoms with Gasteiger partial charge in [-0.25, -0.2) is 0 Å². The van der Waals surface area contributed by atoms with E-state index in [0.717, 1.165) is 0 Å². The molecule has 0 atom stereocenters. The van der Waals surface area contributed by atoms with Gasteiger partial charge in [0.15, 0.2) is 11.5 Å². The quantitative estimate of drug-likeness (QED) is 0.723. The van der Waals surface area contributed by atoms with Gasteiger partial charge in [0.1, 0.15) is 0 Å². The predicted octanol–water partition coefficient (Wildman–Crippen LogP) is 0.828. The number of methoxy groups -OCH3 is 1. The highest BCUT2D eigenvalue weighted by molar-refractivity contribution is 5.90. The molecule has 9 heteroatoms. The SMILES string of the molecule is COc1ccc2nnc(CCCC(=O)Nc3cnn(C)c3)n2n1. The summed E-state index contributed by atoms with van der Waals surface area (Å²) in [5.74, 6) is 1.14. The topological polar surface area (TPSA) is 99.2 Å². The van der Waals surface area contributed by atoms with Gasteiger partial charge in [0.25, 0.3) is 0 Å². The summed E-state index contributed by atoms with van der Waals surface area (Å²) in [6, 6.07) is 3.52. The molecule has 0 unspecified atom stereocenters. The first-order valence-electron chi connectivity index (χ1n) is 7.19. The predicted molar refractivity (Wildman–Crippen MR) is 82.1 cm³/mol. The van der Waals surface area contributed by atoms with E-state index in [4.69, 9.17) is 4.74 Å². The molecule has 0 aromatic carbocycles. The maximum absolute atomic E-state index is 11.9. The van der Waals surface area contributed by atoms with Crippen molar-refractivity contribution in [3.8, 4) is 5.88 Å². The lowest BCUT2D eigenvalue weighted by molar-refractivity contribution is -0.116. The van der Waals surface area contributed by atoms with Crippen LogP contribution in [0.5, 0.6) is 5.88 Å². The van der Waals surface area contributed by atoms with E-state index in [-0.39, 0.29) is 5.91 Å². The normalized spacial score (nSPS) is 10.9. The third-order valence-electron chi connectivity index (χ3n) is 3.30. The number of amides is 1. The Hall–Kier alpha value is -2.97. The van der Waals surface area contributed by atoms with Crippen molar-refractivity contribution < 1.29 is 9.53 Å². The molecule has 3 aromatic rings. The number of carbonyl (C=O) groups excluding carboxylic acids is 1. The van der Waals surface area contributed by atoms with E-state index in [1.165, 1.54) is 0 Å². The number of ether oxygens (including phenoxy) is 1. The molecule has 0 bridgehead atoms. The van der Waals surface area contributed by atoms with Gasteiger partial charge in [-0.3, -0.25) is 9.48 Å². The van der Waals surface area contributed by atoms with Crippen molar-refractivity contribution in [1.82, 2.24) is 29.6 Å². The maximum Gasteiger partial charge on any atom is 0.231 e. The molecule has 1 N–H and O–H groups in total. The van der Waals surface area contributed by atoms with Crippen molar-refractivity contribution in [1.29, 1.82) is 0 Å². The minimum atomic E-state index is -0.0580. The van der Waals surface area contributed by atoms with Gasteiger partial charge in [0, 0.05) is 32.2 Å². The summed E-state index contributed by atoms with van der Waals surface area (Å²) in [6.07, 6.45) is 4.99. The first kappa shape index (κ1) is 14.9. The van der Waals surface area contributed by atoms with Crippen LogP contribution < -0.4 is 10.1 Å². The second-order valence-corrected chi connectivity index (χ2v) is 5.07. The van der Waals surface area contributed by atoms with Gasteiger partial charge >= 0.3 is 0 Å². The molecule has 0 aliphatic rings. The molecule has 0 spiro atoms. The molecule has 0 saturated carbocycles. The highest BCUT2D eigenvalue weighted by Crippen LogP contribution is 2.11. The second-order valence-electron chi connectivity index (χ2n) is 5.07. The number of hydrogen-bond acceptors (Lipinski definition) is 6. The number of rotatable bonds is 6. The molecule has 23 heavy (non-hydrogen) atoms. The van der Waals surface area contributed by atoms with E-state index in [1.807, 2.05) is 0 Å². The molecule has 0 radical (unpaired) electrons. The number of aromatic nitrogens is 6. The number of hydrogen-bond donors (Lipinski definition) is 1. The minimum Gasteiger partial charge on any atom is -0.480 e. The van der Waals surface area contributed by atoms with E-state index in [0.29, 0.717) is 42.3 Å². The zero-order chi connectivity index (χ0) is 16.2. The van der Waals surface area contributed by atoms with Crippen LogP contribution in [-0.2, 0) is 18.3 Å². The zero-order valence-electron chi connectivity index (χ0n) is 12.9. The average molecular weight is 315 g/mol. The molecule has 3 aromatic heterocycles. The third kappa shape index (κ3) is 3.44. The van der Waals surface area contributed by atoms with Crippen LogP contribution in [0.4, 0.5) is 5.69 Å². The van der Waals surface area contributed by atoms with Crippen LogP contribution in [0.25, 0.3) is 5.65 Å². The molecule has 3 heterocycles. The van der Waals surface area contributed by atoms with E-state index in [2.05, 4.69) is 25.7 Å². The number of fused-ring (bicyclic) bond motifs is 1. The van der Waals surface area contributed by atoms with Crippen LogP contribution in [0.15, 0.2) is 24.5 Å². The maximum atomic E-state index is 11.9. The molecule has 0 aliphatic heterocycles. The Morgan fingerprint density at radius 2 is 2.22 bits per heavy atom. The van der Waals surface area contributed by atoms with Crippen LogP contribution in [-0.4, -0.2) is 42.6 Å². The van der Waals surface area contributed by atoms with Crippen molar-refractivity contribution in [2.75, 3.05) is 12.4 Å². The van der Waals surface area contributed by atoms with Crippen LogP contribution in [0, 0.1) is 0 Å². The Kier molecular flexibility index (Phi) is 4.18. The lowest BCUT2D eigenvalue weighted by Gasteiger charge is -2.03. The number of aryl methyl sites for hydroxylation is 2. The summed E-state index contributed by atoms with van der Waals surface area (Å²) in [5.41, 5.74) is 1.34. The molecular formula is C14H17N7O2. The van der Waals surface area contributed by atoms with Crippen molar-refractivity contribution in [3.63, 3.8) is 0 Å². The lowest BCUT2D eigenvalue weighted by Crippen LogP contribution is -2.11. The highest BCUT2D eigenvalue weighted by Gasteiger charge is 2.09. The van der Waals surface area contributed by atoms with Gasteiger partial charge in [0.2, 0.25) is 11.8 Å². The second kappa shape index (κ2) is 6.42. The number of carbonyl (C=O) groups is 1. The van der Waals surface area contributed by atoms with E-state index in [1.54, 1.807) is 47.9 Å². The van der Waals surface area contributed by atoms with Gasteiger partial charge < -0.3 is 10.1 Å². The molecule has 1 amide bonds. The lowest BCUT2D eigenvalue weighted by atomic mass is 10.2. The van der Waals surface area contributed by atoms with Crippen molar-refractivity contribution in [2.24, 2.45) is 7.05 Å². The smallest absolute Gasteiger partial charge is 0.231 e. The minimum absolute atomic E-state index is 0.0580. The zero-order valence-corrected chi connectivity index (χ0v) is 12.9. The molecule has 0 fully saturated rings. The van der Waals surface area contributed by atoms with E-state index < -0.39 is 0 Å². The fourth-order valence-electron chi connectivity index (χ4n) is 2.20. The average Bonchev–Trinajstić information content (AvgIpc) is 3.13. The number of anilines is 1. The Morgan fingerprint density at radius 3 is 2.96 bits per heavy atom. The van der Waals surface area contributed by atoms with Crippen LogP contribution >= 0.6 is 0 Å². The van der Waals surface area contributed by atoms with Crippen molar-refractivity contribution in [3.05, 3.63) is 30.4 Å². The van der Waals surface area contributed by atoms with Gasteiger partial charge in [0.05, 0.1) is 19.0 Å². The summed E-state index contributed by atoms with van der Waals surface area (Å²) in [7, 11) is 3.36. The fourth-order valence-corrected chi connectivity index (χ4v) is 2.20. The Labute approximate surface area is 132 Å². The van der Waals surface area contributed by atoms with Gasteiger partial charge in [-0.05, 0) is 12.5 Å². The fraction of sp³-hybridized carbons (Fsp3) is 0.357. The first-order valence-corrected chi connectivity index (χ1v) is 7.19. The first-order chi connectivity index (χ1) is 11.2. The van der Waals surface area contributed by atoms with Crippen molar-refractivity contribution >= 4 is 17.2 Å². The number of nitrogens with one attached hydrogen (secondary N) is 1. The molecular weight excluding hydrogens is 298 g/mol.